The van der Waals surface area contributed by atoms with E-state index < -0.39 is 5.79 Å². The number of hydrogen-bond donors (Lipinski definition) is 1. The van der Waals surface area contributed by atoms with Crippen molar-refractivity contribution in [1.82, 2.24) is 0 Å². The lowest BCUT2D eigenvalue weighted by atomic mass is 10.0. The smallest absolute Gasteiger partial charge is 0.342 e. The molecule has 0 amide bonds. The summed E-state index contributed by atoms with van der Waals surface area (Å²) in [5.41, 5.74) is 1.23. The van der Waals surface area contributed by atoms with E-state index in [0.29, 0.717) is 10.5 Å². The van der Waals surface area contributed by atoms with Crippen LogP contribution in [0, 0.1) is 0 Å². The van der Waals surface area contributed by atoms with E-state index in [1.165, 1.54) is 7.11 Å². The van der Waals surface area contributed by atoms with E-state index in [4.69, 9.17) is 9.47 Å². The maximum atomic E-state index is 11.5. The molecule has 0 spiro atoms. The summed E-state index contributed by atoms with van der Waals surface area (Å²) in [5, 5.41) is 0. The van der Waals surface area contributed by atoms with Crippen LogP contribution in [-0.2, 0) is 15.3 Å². The minimum absolute atomic E-state index is 0.380. The van der Waals surface area contributed by atoms with Crippen LogP contribution in [0.3, 0.4) is 0 Å². The molecule has 4 heteroatoms. The third-order valence-electron chi connectivity index (χ3n) is 2.41. The SMILES string of the molecule is COC1(C)OC(=O)c2c(S)cccc21. The molecule has 1 heterocycles. The van der Waals surface area contributed by atoms with E-state index in [1.54, 1.807) is 13.0 Å². The number of methoxy groups -OCH3 is 1. The van der Waals surface area contributed by atoms with Crippen LogP contribution in [0.25, 0.3) is 0 Å². The molecule has 1 unspecified atom stereocenters. The third-order valence-corrected chi connectivity index (χ3v) is 2.79. The fraction of sp³-hybridized carbons (Fsp3) is 0.300. The van der Waals surface area contributed by atoms with Crippen molar-refractivity contribution in [3.8, 4) is 0 Å². The molecule has 0 aliphatic carbocycles. The first-order chi connectivity index (χ1) is 6.58. The molecule has 1 aromatic rings. The largest absolute Gasteiger partial charge is 0.425 e. The Labute approximate surface area is 87.4 Å². The summed E-state index contributed by atoms with van der Waals surface area (Å²) in [6.45, 7) is 1.71. The second-order valence-electron chi connectivity index (χ2n) is 3.24. The Morgan fingerprint density at radius 3 is 2.86 bits per heavy atom. The molecule has 0 fully saturated rings. The van der Waals surface area contributed by atoms with Gasteiger partial charge in [0.2, 0.25) is 5.79 Å². The van der Waals surface area contributed by atoms with Gasteiger partial charge in [-0.3, -0.25) is 0 Å². The molecule has 1 atom stereocenters. The Balaban J connectivity index is 2.66. The van der Waals surface area contributed by atoms with Gasteiger partial charge in [0.1, 0.15) is 0 Å². The number of carbonyl (C=O) groups is 1. The standard InChI is InChI=1S/C10H10O3S/c1-10(12-2)6-4-3-5-7(14)8(6)9(11)13-10/h3-5,14H,1-2H3. The maximum Gasteiger partial charge on any atom is 0.342 e. The zero-order valence-electron chi connectivity index (χ0n) is 7.90. The fourth-order valence-corrected chi connectivity index (χ4v) is 1.87. The monoisotopic (exact) mass is 210 g/mol. The van der Waals surface area contributed by atoms with Crippen molar-refractivity contribution in [1.29, 1.82) is 0 Å². The van der Waals surface area contributed by atoms with Gasteiger partial charge in [0.25, 0.3) is 0 Å². The van der Waals surface area contributed by atoms with Gasteiger partial charge in [0, 0.05) is 24.5 Å². The van der Waals surface area contributed by atoms with Crippen molar-refractivity contribution in [2.24, 2.45) is 0 Å². The van der Waals surface area contributed by atoms with Crippen molar-refractivity contribution in [3.05, 3.63) is 29.3 Å². The molecular formula is C10H10O3S. The lowest BCUT2D eigenvalue weighted by molar-refractivity contribution is -0.172. The second kappa shape index (κ2) is 3.00. The number of benzene rings is 1. The molecular weight excluding hydrogens is 200 g/mol. The van der Waals surface area contributed by atoms with Gasteiger partial charge in [-0.25, -0.2) is 4.79 Å². The first-order valence-corrected chi connectivity index (χ1v) is 4.64. The van der Waals surface area contributed by atoms with Gasteiger partial charge in [-0.05, 0) is 6.07 Å². The van der Waals surface area contributed by atoms with Crippen LogP contribution in [-0.4, -0.2) is 13.1 Å². The number of ether oxygens (including phenoxy) is 2. The van der Waals surface area contributed by atoms with Gasteiger partial charge in [-0.2, -0.15) is 0 Å². The van der Waals surface area contributed by atoms with Crippen LogP contribution in [0.2, 0.25) is 0 Å². The molecule has 14 heavy (non-hydrogen) atoms. The first kappa shape index (κ1) is 9.55. The Kier molecular flexibility index (Phi) is 2.05. The van der Waals surface area contributed by atoms with Crippen molar-refractivity contribution in [2.45, 2.75) is 17.6 Å². The predicted molar refractivity (Wildman–Crippen MR) is 53.5 cm³/mol. The maximum absolute atomic E-state index is 11.5. The average Bonchev–Trinajstić information content (AvgIpc) is 2.41. The zero-order valence-corrected chi connectivity index (χ0v) is 8.80. The van der Waals surface area contributed by atoms with Gasteiger partial charge in [-0.15, -0.1) is 12.6 Å². The predicted octanol–water partition coefficient (Wildman–Crippen LogP) is 1.96. The summed E-state index contributed by atoms with van der Waals surface area (Å²) in [4.78, 5) is 12.1. The topological polar surface area (TPSA) is 35.5 Å². The molecule has 0 aromatic heterocycles. The summed E-state index contributed by atoms with van der Waals surface area (Å²) in [5.74, 6) is -1.35. The Morgan fingerprint density at radius 2 is 2.21 bits per heavy atom. The van der Waals surface area contributed by atoms with Crippen LogP contribution >= 0.6 is 12.6 Å². The van der Waals surface area contributed by atoms with Crippen LogP contribution in [0.4, 0.5) is 0 Å². The summed E-state index contributed by atoms with van der Waals surface area (Å²) in [7, 11) is 1.51. The number of fused-ring (bicyclic) bond motifs is 1. The second-order valence-corrected chi connectivity index (χ2v) is 3.72. The number of hydrogen-bond acceptors (Lipinski definition) is 4. The van der Waals surface area contributed by atoms with E-state index in [0.717, 1.165) is 5.56 Å². The quantitative estimate of drug-likeness (QED) is 0.568. The number of rotatable bonds is 1. The lowest BCUT2D eigenvalue weighted by Crippen LogP contribution is -2.23. The summed E-state index contributed by atoms with van der Waals surface area (Å²) < 4.78 is 10.3. The summed E-state index contributed by atoms with van der Waals surface area (Å²) >= 11 is 4.21. The molecule has 2 rings (SSSR count). The minimum Gasteiger partial charge on any atom is -0.425 e. The van der Waals surface area contributed by atoms with Gasteiger partial charge < -0.3 is 9.47 Å². The molecule has 0 bridgehead atoms. The van der Waals surface area contributed by atoms with Crippen LogP contribution in [0.1, 0.15) is 22.8 Å². The van der Waals surface area contributed by atoms with Gasteiger partial charge >= 0.3 is 5.97 Å². The Bertz CT molecular complexity index is 402. The summed E-state index contributed by atoms with van der Waals surface area (Å²) in [6.07, 6.45) is 0. The fourth-order valence-electron chi connectivity index (χ4n) is 1.57. The van der Waals surface area contributed by atoms with Crippen molar-refractivity contribution in [3.63, 3.8) is 0 Å². The lowest BCUT2D eigenvalue weighted by Gasteiger charge is -2.21. The van der Waals surface area contributed by atoms with E-state index in [9.17, 15) is 4.79 Å². The molecule has 1 aliphatic rings. The number of cyclic esters (lactones) is 1. The van der Waals surface area contributed by atoms with E-state index in [-0.39, 0.29) is 5.97 Å². The Morgan fingerprint density at radius 1 is 1.50 bits per heavy atom. The van der Waals surface area contributed by atoms with Crippen LogP contribution in [0.5, 0.6) is 0 Å². The highest BCUT2D eigenvalue weighted by Crippen LogP contribution is 2.38. The number of carbonyl (C=O) groups excluding carboxylic acids is 1. The highest BCUT2D eigenvalue weighted by atomic mass is 32.1. The molecule has 0 saturated heterocycles. The zero-order chi connectivity index (χ0) is 10.3. The average molecular weight is 210 g/mol. The molecule has 3 nitrogen and oxygen atoms in total. The highest BCUT2D eigenvalue weighted by Gasteiger charge is 2.42. The number of thiol groups is 1. The molecule has 1 aromatic carbocycles. The van der Waals surface area contributed by atoms with Gasteiger partial charge in [0.05, 0.1) is 5.56 Å². The van der Waals surface area contributed by atoms with Gasteiger partial charge in [-0.1, -0.05) is 12.1 Å². The minimum atomic E-state index is -0.967. The molecule has 74 valence electrons. The van der Waals surface area contributed by atoms with Gasteiger partial charge in [0.15, 0.2) is 0 Å². The highest BCUT2D eigenvalue weighted by molar-refractivity contribution is 7.80. The Hall–Kier alpha value is -1.00. The van der Waals surface area contributed by atoms with Crippen LogP contribution < -0.4 is 0 Å². The molecule has 1 aliphatic heterocycles. The van der Waals surface area contributed by atoms with E-state index in [1.807, 2.05) is 12.1 Å². The van der Waals surface area contributed by atoms with Crippen LogP contribution in [0.15, 0.2) is 23.1 Å². The van der Waals surface area contributed by atoms with Crippen molar-refractivity contribution in [2.75, 3.05) is 7.11 Å². The molecule has 0 N–H and O–H groups in total. The third kappa shape index (κ3) is 1.14. The summed E-state index contributed by atoms with van der Waals surface area (Å²) in [6, 6.07) is 5.38. The first-order valence-electron chi connectivity index (χ1n) is 4.19. The normalized spacial score (nSPS) is 24.6. The molecule has 0 saturated carbocycles. The van der Waals surface area contributed by atoms with E-state index >= 15 is 0 Å². The van der Waals surface area contributed by atoms with E-state index in [2.05, 4.69) is 12.6 Å². The number of esters is 1. The van der Waals surface area contributed by atoms with Crippen molar-refractivity contribution < 1.29 is 14.3 Å². The molecule has 0 radical (unpaired) electrons. The van der Waals surface area contributed by atoms with Crippen molar-refractivity contribution >= 4 is 18.6 Å².